The van der Waals surface area contributed by atoms with Crippen LogP contribution in [0.2, 0.25) is 5.02 Å². The minimum absolute atomic E-state index is 0.0358. The summed E-state index contributed by atoms with van der Waals surface area (Å²) in [5, 5.41) is 2.79. The molecule has 0 bridgehead atoms. The standard InChI is InChI=1S/C17H14ClN3O4/c18-12-4-2-1-3-11(12)16(22)20-13(17(23)21-19)7-10-5-6-14-15(8-10)25-9-24-14/h1-8H,9,19H2,(H,20,22)(H,21,23)/b13-7-. The molecule has 0 aliphatic carbocycles. The second-order valence-corrected chi connectivity index (χ2v) is 5.49. The molecule has 0 aromatic heterocycles. The van der Waals surface area contributed by atoms with E-state index in [1.54, 1.807) is 42.5 Å². The number of halogens is 1. The molecular formula is C17H14ClN3O4. The number of amides is 2. The minimum atomic E-state index is -0.655. The van der Waals surface area contributed by atoms with E-state index in [1.807, 2.05) is 5.43 Å². The highest BCUT2D eigenvalue weighted by atomic mass is 35.5. The lowest BCUT2D eigenvalue weighted by Crippen LogP contribution is -2.38. The van der Waals surface area contributed by atoms with E-state index in [0.717, 1.165) is 0 Å². The van der Waals surface area contributed by atoms with Gasteiger partial charge >= 0.3 is 0 Å². The topological polar surface area (TPSA) is 103 Å². The van der Waals surface area contributed by atoms with Gasteiger partial charge in [0, 0.05) is 0 Å². The fourth-order valence-corrected chi connectivity index (χ4v) is 2.46. The second kappa shape index (κ2) is 7.25. The Morgan fingerprint density at radius 2 is 1.88 bits per heavy atom. The maximum Gasteiger partial charge on any atom is 0.281 e. The summed E-state index contributed by atoms with van der Waals surface area (Å²) in [6.07, 6.45) is 1.47. The number of benzene rings is 2. The first-order valence-corrected chi connectivity index (χ1v) is 7.64. The van der Waals surface area contributed by atoms with Crippen molar-refractivity contribution in [1.29, 1.82) is 0 Å². The molecule has 8 heteroatoms. The van der Waals surface area contributed by atoms with Crippen molar-refractivity contribution < 1.29 is 19.1 Å². The highest BCUT2D eigenvalue weighted by molar-refractivity contribution is 6.34. The monoisotopic (exact) mass is 359 g/mol. The Balaban J connectivity index is 1.88. The van der Waals surface area contributed by atoms with Crippen LogP contribution in [0.25, 0.3) is 6.08 Å². The average molecular weight is 360 g/mol. The first-order chi connectivity index (χ1) is 12.1. The molecule has 0 spiro atoms. The number of hydrogen-bond acceptors (Lipinski definition) is 5. The van der Waals surface area contributed by atoms with Crippen molar-refractivity contribution in [1.82, 2.24) is 10.7 Å². The summed E-state index contributed by atoms with van der Waals surface area (Å²) >= 11 is 6.00. The van der Waals surface area contributed by atoms with E-state index in [1.165, 1.54) is 6.08 Å². The van der Waals surface area contributed by atoms with Crippen LogP contribution >= 0.6 is 11.6 Å². The van der Waals surface area contributed by atoms with Crippen LogP contribution < -0.4 is 26.1 Å². The van der Waals surface area contributed by atoms with Gasteiger partial charge in [-0.2, -0.15) is 0 Å². The number of rotatable bonds is 4. The van der Waals surface area contributed by atoms with E-state index in [2.05, 4.69) is 5.32 Å². The molecule has 2 aromatic carbocycles. The minimum Gasteiger partial charge on any atom is -0.454 e. The normalized spacial score (nSPS) is 12.6. The third kappa shape index (κ3) is 3.73. The van der Waals surface area contributed by atoms with Crippen LogP contribution in [-0.2, 0) is 4.79 Å². The van der Waals surface area contributed by atoms with Gasteiger partial charge in [-0.3, -0.25) is 15.0 Å². The number of ether oxygens (including phenoxy) is 2. The molecule has 1 heterocycles. The summed E-state index contributed by atoms with van der Waals surface area (Å²) in [6, 6.07) is 11.6. The van der Waals surface area contributed by atoms with Gasteiger partial charge in [-0.1, -0.05) is 29.8 Å². The molecule has 25 heavy (non-hydrogen) atoms. The van der Waals surface area contributed by atoms with Crippen LogP contribution in [0.5, 0.6) is 11.5 Å². The molecule has 0 fully saturated rings. The van der Waals surface area contributed by atoms with Crippen molar-refractivity contribution in [3.05, 3.63) is 64.3 Å². The average Bonchev–Trinajstić information content (AvgIpc) is 3.08. The van der Waals surface area contributed by atoms with E-state index in [-0.39, 0.29) is 23.1 Å². The Bertz CT molecular complexity index is 867. The van der Waals surface area contributed by atoms with Gasteiger partial charge in [0.25, 0.3) is 11.8 Å². The van der Waals surface area contributed by atoms with Crippen molar-refractivity contribution >= 4 is 29.5 Å². The number of carbonyl (C=O) groups is 2. The number of hydrogen-bond donors (Lipinski definition) is 3. The maximum atomic E-state index is 12.4. The van der Waals surface area contributed by atoms with Crippen LogP contribution in [-0.4, -0.2) is 18.6 Å². The summed E-state index contributed by atoms with van der Waals surface area (Å²) < 4.78 is 10.5. The van der Waals surface area contributed by atoms with Crippen LogP contribution in [0.3, 0.4) is 0 Å². The van der Waals surface area contributed by atoms with Crippen LogP contribution in [0.4, 0.5) is 0 Å². The third-order valence-electron chi connectivity index (χ3n) is 3.45. The highest BCUT2D eigenvalue weighted by Crippen LogP contribution is 2.33. The summed E-state index contributed by atoms with van der Waals surface area (Å²) in [6.45, 7) is 0.141. The summed E-state index contributed by atoms with van der Waals surface area (Å²) in [5.41, 5.74) is 2.83. The molecule has 0 saturated carbocycles. The Kier molecular flexibility index (Phi) is 4.87. The first kappa shape index (κ1) is 16.8. The van der Waals surface area contributed by atoms with Gasteiger partial charge in [0.05, 0.1) is 10.6 Å². The molecule has 0 unspecified atom stereocenters. The lowest BCUT2D eigenvalue weighted by Gasteiger charge is -2.10. The number of fused-ring (bicyclic) bond motifs is 1. The van der Waals surface area contributed by atoms with E-state index >= 15 is 0 Å². The largest absolute Gasteiger partial charge is 0.454 e. The van der Waals surface area contributed by atoms with Crippen molar-refractivity contribution in [2.45, 2.75) is 0 Å². The molecule has 1 aliphatic rings. The van der Waals surface area contributed by atoms with Crippen molar-refractivity contribution in [2.75, 3.05) is 6.79 Å². The van der Waals surface area contributed by atoms with Crippen molar-refractivity contribution in [2.24, 2.45) is 5.84 Å². The third-order valence-corrected chi connectivity index (χ3v) is 3.78. The highest BCUT2D eigenvalue weighted by Gasteiger charge is 2.17. The van der Waals surface area contributed by atoms with Crippen molar-refractivity contribution in [3.63, 3.8) is 0 Å². The molecule has 0 radical (unpaired) electrons. The Morgan fingerprint density at radius 1 is 1.12 bits per heavy atom. The molecule has 2 amide bonds. The SMILES string of the molecule is NNC(=O)/C(=C/c1ccc2c(c1)OCO2)NC(=O)c1ccccc1Cl. The van der Waals surface area contributed by atoms with E-state index in [0.29, 0.717) is 17.1 Å². The Labute approximate surface area is 148 Å². The molecule has 0 atom stereocenters. The second-order valence-electron chi connectivity index (χ2n) is 5.08. The quantitative estimate of drug-likeness (QED) is 0.334. The molecule has 7 nitrogen and oxygen atoms in total. The summed E-state index contributed by atoms with van der Waals surface area (Å²) in [5.74, 6) is 5.18. The molecule has 2 aromatic rings. The molecule has 1 aliphatic heterocycles. The fraction of sp³-hybridized carbons (Fsp3) is 0.0588. The van der Waals surface area contributed by atoms with E-state index < -0.39 is 11.8 Å². The predicted molar refractivity (Wildman–Crippen MR) is 91.8 cm³/mol. The molecular weight excluding hydrogens is 346 g/mol. The van der Waals surface area contributed by atoms with Crippen molar-refractivity contribution in [3.8, 4) is 11.5 Å². The summed E-state index contributed by atoms with van der Waals surface area (Å²) in [7, 11) is 0. The number of nitrogens with two attached hydrogens (primary N) is 1. The van der Waals surface area contributed by atoms with Crippen LogP contribution in [0.1, 0.15) is 15.9 Å². The zero-order valence-corrected chi connectivity index (χ0v) is 13.7. The molecule has 3 rings (SSSR count). The predicted octanol–water partition coefficient (Wildman–Crippen LogP) is 1.83. The van der Waals surface area contributed by atoms with E-state index in [9.17, 15) is 9.59 Å². The molecule has 4 N–H and O–H groups in total. The Hall–Kier alpha value is -3.03. The van der Waals surface area contributed by atoms with Gasteiger partial charge in [-0.05, 0) is 35.9 Å². The number of carbonyl (C=O) groups excluding carboxylic acids is 2. The number of nitrogens with one attached hydrogen (secondary N) is 2. The van der Waals surface area contributed by atoms with Crippen LogP contribution in [0.15, 0.2) is 48.2 Å². The van der Waals surface area contributed by atoms with Crippen LogP contribution in [0, 0.1) is 0 Å². The Morgan fingerprint density at radius 3 is 2.64 bits per heavy atom. The van der Waals surface area contributed by atoms with Gasteiger partial charge < -0.3 is 14.8 Å². The van der Waals surface area contributed by atoms with Gasteiger partial charge in [-0.25, -0.2) is 5.84 Å². The zero-order chi connectivity index (χ0) is 17.8. The number of hydrazine groups is 1. The first-order valence-electron chi connectivity index (χ1n) is 7.26. The fourth-order valence-electron chi connectivity index (χ4n) is 2.24. The maximum absolute atomic E-state index is 12.4. The lowest BCUT2D eigenvalue weighted by atomic mass is 10.1. The van der Waals surface area contributed by atoms with Gasteiger partial charge in [0.15, 0.2) is 11.5 Å². The van der Waals surface area contributed by atoms with Gasteiger partial charge in [0.1, 0.15) is 5.70 Å². The lowest BCUT2D eigenvalue weighted by molar-refractivity contribution is -0.117. The summed E-state index contributed by atoms with van der Waals surface area (Å²) in [4.78, 5) is 24.4. The van der Waals surface area contributed by atoms with Gasteiger partial charge in [-0.15, -0.1) is 0 Å². The molecule has 128 valence electrons. The smallest absolute Gasteiger partial charge is 0.281 e. The molecule has 0 saturated heterocycles. The van der Waals surface area contributed by atoms with Gasteiger partial charge in [0.2, 0.25) is 6.79 Å². The zero-order valence-electron chi connectivity index (χ0n) is 12.9. The van der Waals surface area contributed by atoms with E-state index in [4.69, 9.17) is 26.9 Å².